The van der Waals surface area contributed by atoms with Crippen LogP contribution in [0.15, 0.2) is 78.2 Å². The van der Waals surface area contributed by atoms with Crippen LogP contribution in [0.25, 0.3) is 17.3 Å². The number of hydrogen-bond donors (Lipinski definition) is 1. The van der Waals surface area contributed by atoms with E-state index in [9.17, 15) is 4.79 Å². The van der Waals surface area contributed by atoms with Gasteiger partial charge >= 0.3 is 0 Å². The summed E-state index contributed by atoms with van der Waals surface area (Å²) in [6.07, 6.45) is 3.22. The number of hydrogen-bond acceptors (Lipinski definition) is 5. The summed E-state index contributed by atoms with van der Waals surface area (Å²) in [6.45, 7) is 4.56. The van der Waals surface area contributed by atoms with Gasteiger partial charge in [0, 0.05) is 17.0 Å². The molecule has 0 bridgehead atoms. The minimum absolute atomic E-state index is 0.245. The fraction of sp³-hybridized carbons (Fsp3) is 0.143. The summed E-state index contributed by atoms with van der Waals surface area (Å²) in [5, 5.41) is 5.36. The number of carbonyl (C=O) groups is 1. The van der Waals surface area contributed by atoms with Gasteiger partial charge in [0.15, 0.2) is 16.6 Å². The molecule has 0 fully saturated rings. The highest BCUT2D eigenvalue weighted by Gasteiger charge is 2.10. The number of carbonyl (C=O) groups excluding carboxylic acids is 1. The lowest BCUT2D eigenvalue weighted by Gasteiger charge is -2.11. The standard InChI is InChI=1S/C28H26N2O3S/c1-19-9-10-20(2)23(15-19)24-18-34-28(29-24)30-27(31)14-12-21-11-13-25(26(16-21)32-3)33-17-22-7-5-4-6-8-22/h4-16,18H,17H2,1-3H3,(H,29,30,31)/b14-12+. The lowest BCUT2D eigenvalue weighted by Crippen LogP contribution is -2.07. The molecule has 0 aliphatic rings. The molecule has 0 aliphatic carbocycles. The van der Waals surface area contributed by atoms with Crippen LogP contribution in [0.3, 0.4) is 0 Å². The summed E-state index contributed by atoms with van der Waals surface area (Å²) in [5.74, 6) is 1.01. The normalized spacial score (nSPS) is 10.9. The maximum absolute atomic E-state index is 12.4. The average Bonchev–Trinajstić information content (AvgIpc) is 3.31. The molecule has 1 amide bonds. The van der Waals surface area contributed by atoms with Crippen molar-refractivity contribution >= 4 is 28.5 Å². The van der Waals surface area contributed by atoms with Crippen molar-refractivity contribution in [3.63, 3.8) is 0 Å². The van der Waals surface area contributed by atoms with E-state index >= 15 is 0 Å². The second-order valence-corrected chi connectivity index (χ2v) is 8.72. The zero-order valence-electron chi connectivity index (χ0n) is 19.4. The van der Waals surface area contributed by atoms with Gasteiger partial charge < -0.3 is 9.47 Å². The van der Waals surface area contributed by atoms with E-state index in [1.54, 1.807) is 13.2 Å². The molecule has 0 saturated heterocycles. The van der Waals surface area contributed by atoms with Crippen LogP contribution in [0.5, 0.6) is 11.5 Å². The maximum Gasteiger partial charge on any atom is 0.250 e. The first kappa shape index (κ1) is 23.3. The Morgan fingerprint density at radius 1 is 1.03 bits per heavy atom. The van der Waals surface area contributed by atoms with Crippen molar-refractivity contribution in [2.24, 2.45) is 0 Å². The van der Waals surface area contributed by atoms with E-state index in [0.29, 0.717) is 23.2 Å². The number of methoxy groups -OCH3 is 1. The van der Waals surface area contributed by atoms with E-state index < -0.39 is 0 Å². The number of ether oxygens (including phenoxy) is 2. The van der Waals surface area contributed by atoms with Gasteiger partial charge in [-0.3, -0.25) is 10.1 Å². The number of nitrogens with one attached hydrogen (secondary N) is 1. The fourth-order valence-electron chi connectivity index (χ4n) is 3.43. The van der Waals surface area contributed by atoms with E-state index in [-0.39, 0.29) is 5.91 Å². The molecule has 4 aromatic rings. The van der Waals surface area contributed by atoms with Gasteiger partial charge in [-0.15, -0.1) is 11.3 Å². The van der Waals surface area contributed by atoms with E-state index in [1.807, 2.05) is 53.9 Å². The minimum Gasteiger partial charge on any atom is -0.493 e. The Kier molecular flexibility index (Phi) is 7.40. The number of benzene rings is 3. The third-order valence-electron chi connectivity index (χ3n) is 5.26. The Balaban J connectivity index is 1.39. The highest BCUT2D eigenvalue weighted by Crippen LogP contribution is 2.30. The second-order valence-electron chi connectivity index (χ2n) is 7.86. The predicted octanol–water partition coefficient (Wildman–Crippen LogP) is 6.67. The summed E-state index contributed by atoms with van der Waals surface area (Å²) in [5.41, 5.74) is 6.17. The van der Waals surface area contributed by atoms with Crippen LogP contribution in [0, 0.1) is 13.8 Å². The monoisotopic (exact) mass is 470 g/mol. The Hall–Kier alpha value is -3.90. The molecule has 0 saturated carbocycles. The zero-order chi connectivity index (χ0) is 23.9. The number of aryl methyl sites for hydroxylation is 2. The molecular formula is C28H26N2O3S. The molecule has 1 N–H and O–H groups in total. The van der Waals surface area contributed by atoms with Crippen LogP contribution in [0.1, 0.15) is 22.3 Å². The van der Waals surface area contributed by atoms with Crippen molar-refractivity contribution in [2.45, 2.75) is 20.5 Å². The van der Waals surface area contributed by atoms with Crippen molar-refractivity contribution in [3.8, 4) is 22.8 Å². The average molecular weight is 471 g/mol. The largest absolute Gasteiger partial charge is 0.493 e. The first-order valence-electron chi connectivity index (χ1n) is 10.9. The molecule has 1 aromatic heterocycles. The number of thiazole rings is 1. The molecule has 34 heavy (non-hydrogen) atoms. The van der Waals surface area contributed by atoms with Crippen LogP contribution in [-0.2, 0) is 11.4 Å². The highest BCUT2D eigenvalue weighted by atomic mass is 32.1. The number of aromatic nitrogens is 1. The smallest absolute Gasteiger partial charge is 0.250 e. The first-order valence-corrected chi connectivity index (χ1v) is 11.8. The number of rotatable bonds is 8. The molecule has 0 spiro atoms. The molecule has 3 aromatic carbocycles. The first-order chi connectivity index (χ1) is 16.5. The SMILES string of the molecule is COc1cc(/C=C/C(=O)Nc2nc(-c3cc(C)ccc3C)cs2)ccc1OCc1ccccc1. The van der Waals surface area contributed by atoms with Gasteiger partial charge in [0.05, 0.1) is 12.8 Å². The van der Waals surface area contributed by atoms with Crippen molar-refractivity contribution < 1.29 is 14.3 Å². The van der Waals surface area contributed by atoms with Gasteiger partial charge in [-0.1, -0.05) is 54.1 Å². The van der Waals surface area contributed by atoms with Crippen LogP contribution >= 0.6 is 11.3 Å². The van der Waals surface area contributed by atoms with E-state index in [2.05, 4.69) is 42.3 Å². The van der Waals surface area contributed by atoms with Gasteiger partial charge in [0.1, 0.15) is 6.61 Å². The molecule has 0 unspecified atom stereocenters. The number of amides is 1. The molecule has 1 heterocycles. The van der Waals surface area contributed by atoms with Gasteiger partial charge in [-0.25, -0.2) is 4.98 Å². The van der Waals surface area contributed by atoms with E-state index in [1.165, 1.54) is 23.0 Å². The van der Waals surface area contributed by atoms with Crippen molar-refractivity contribution in [3.05, 3.63) is 100 Å². The summed E-state index contributed by atoms with van der Waals surface area (Å²) >= 11 is 1.41. The number of anilines is 1. The third kappa shape index (κ3) is 5.91. The van der Waals surface area contributed by atoms with E-state index in [4.69, 9.17) is 9.47 Å². The summed E-state index contributed by atoms with van der Waals surface area (Å²) in [4.78, 5) is 17.0. The second kappa shape index (κ2) is 10.8. The molecule has 0 radical (unpaired) electrons. The summed E-state index contributed by atoms with van der Waals surface area (Å²) in [6, 6.07) is 21.8. The zero-order valence-corrected chi connectivity index (χ0v) is 20.2. The van der Waals surface area contributed by atoms with Gasteiger partial charge in [0.25, 0.3) is 0 Å². The maximum atomic E-state index is 12.4. The Bertz CT molecular complexity index is 1310. The van der Waals surface area contributed by atoms with Crippen molar-refractivity contribution in [1.29, 1.82) is 0 Å². The van der Waals surface area contributed by atoms with Gasteiger partial charge in [-0.2, -0.15) is 0 Å². The molecule has 4 rings (SSSR count). The Morgan fingerprint density at radius 3 is 2.65 bits per heavy atom. The van der Waals surface area contributed by atoms with Gasteiger partial charge in [-0.05, 0) is 54.8 Å². The highest BCUT2D eigenvalue weighted by molar-refractivity contribution is 7.14. The fourth-order valence-corrected chi connectivity index (χ4v) is 4.14. The topological polar surface area (TPSA) is 60.5 Å². The van der Waals surface area contributed by atoms with Gasteiger partial charge in [0.2, 0.25) is 5.91 Å². The molecule has 6 heteroatoms. The molecule has 172 valence electrons. The summed E-state index contributed by atoms with van der Waals surface area (Å²) in [7, 11) is 1.60. The van der Waals surface area contributed by atoms with Crippen LogP contribution in [0.2, 0.25) is 0 Å². The lowest BCUT2D eigenvalue weighted by atomic mass is 10.0. The minimum atomic E-state index is -0.245. The quantitative estimate of drug-likeness (QED) is 0.292. The van der Waals surface area contributed by atoms with Crippen LogP contribution < -0.4 is 14.8 Å². The molecule has 5 nitrogen and oxygen atoms in total. The molecule has 0 aliphatic heterocycles. The van der Waals surface area contributed by atoms with E-state index in [0.717, 1.165) is 27.9 Å². The lowest BCUT2D eigenvalue weighted by molar-refractivity contribution is -0.111. The predicted molar refractivity (Wildman–Crippen MR) is 138 cm³/mol. The number of nitrogens with zero attached hydrogens (tertiary/aromatic N) is 1. The van der Waals surface area contributed by atoms with Crippen molar-refractivity contribution in [1.82, 2.24) is 4.98 Å². The Morgan fingerprint density at radius 2 is 1.85 bits per heavy atom. The van der Waals surface area contributed by atoms with Crippen molar-refractivity contribution in [2.75, 3.05) is 12.4 Å². The molecular weight excluding hydrogens is 444 g/mol. The summed E-state index contributed by atoms with van der Waals surface area (Å²) < 4.78 is 11.4. The molecule has 0 atom stereocenters. The third-order valence-corrected chi connectivity index (χ3v) is 6.01. The van der Waals surface area contributed by atoms with Crippen LogP contribution in [0.4, 0.5) is 5.13 Å². The Labute approximate surface area is 203 Å². The van der Waals surface area contributed by atoms with Crippen LogP contribution in [-0.4, -0.2) is 18.0 Å².